The van der Waals surface area contributed by atoms with Crippen molar-refractivity contribution in [2.45, 2.75) is 19.0 Å². The van der Waals surface area contributed by atoms with E-state index in [1.807, 2.05) is 30.3 Å². The molecule has 0 amide bonds. The molecule has 4 aromatic rings. The maximum Gasteiger partial charge on any atom is 0.416 e. The maximum absolute atomic E-state index is 13.0. The number of likely N-dealkylation sites (tertiary alicyclic amines) is 1. The molecule has 0 unspecified atom stereocenters. The first kappa shape index (κ1) is 22.1. The number of nitrogen functional groups attached to an aromatic ring is 1. The standard InChI is InChI=1S/C24H24F3N7/c25-24(26,27)17-8-10-18(11-9-17)34-21(28)19-20(16-6-2-1-3-7-16)30-23(31-22(19)32-34)29-12-15-33-13-4-5-14-33/h1-3,6-11H,4-5,12-15,28H2,(H,29,31,32). The molecule has 2 aromatic carbocycles. The number of nitrogens with one attached hydrogen (secondary N) is 1. The van der Waals surface area contributed by atoms with E-state index in [9.17, 15) is 13.2 Å². The van der Waals surface area contributed by atoms with E-state index in [1.54, 1.807) is 0 Å². The number of nitrogens with two attached hydrogens (primary N) is 1. The van der Waals surface area contributed by atoms with Gasteiger partial charge in [-0.15, -0.1) is 5.10 Å². The van der Waals surface area contributed by atoms with Crippen LogP contribution in [0.5, 0.6) is 0 Å². The van der Waals surface area contributed by atoms with Crippen LogP contribution >= 0.6 is 0 Å². The Bertz CT molecular complexity index is 1280. The SMILES string of the molecule is Nc1c2c(-c3ccccc3)nc(NCCN3CCCC3)nc2nn1-c1ccc(C(F)(F)F)cc1. The molecule has 2 aromatic heterocycles. The largest absolute Gasteiger partial charge is 0.416 e. The van der Waals surface area contributed by atoms with E-state index in [4.69, 9.17) is 10.7 Å². The number of hydrogen-bond acceptors (Lipinski definition) is 6. The summed E-state index contributed by atoms with van der Waals surface area (Å²) < 4.78 is 40.3. The normalized spacial score (nSPS) is 14.7. The molecule has 5 rings (SSSR count). The first-order chi connectivity index (χ1) is 16.4. The van der Waals surface area contributed by atoms with Crippen molar-refractivity contribution in [1.82, 2.24) is 24.6 Å². The third-order valence-electron chi connectivity index (χ3n) is 5.97. The lowest BCUT2D eigenvalue weighted by Crippen LogP contribution is -2.26. The quantitative estimate of drug-likeness (QED) is 0.432. The summed E-state index contributed by atoms with van der Waals surface area (Å²) in [4.78, 5) is 11.7. The summed E-state index contributed by atoms with van der Waals surface area (Å²) in [6.07, 6.45) is -1.97. The zero-order valence-electron chi connectivity index (χ0n) is 18.4. The summed E-state index contributed by atoms with van der Waals surface area (Å²) in [6.45, 7) is 3.79. The number of halogens is 3. The molecule has 1 fully saturated rings. The molecule has 7 nitrogen and oxygen atoms in total. The highest BCUT2D eigenvalue weighted by atomic mass is 19.4. The van der Waals surface area contributed by atoms with E-state index in [2.05, 4.69) is 20.3 Å². The molecule has 0 aliphatic carbocycles. The number of benzene rings is 2. The highest BCUT2D eigenvalue weighted by molar-refractivity contribution is 5.99. The summed E-state index contributed by atoms with van der Waals surface area (Å²) >= 11 is 0. The van der Waals surface area contributed by atoms with E-state index in [1.165, 1.54) is 29.7 Å². The third kappa shape index (κ3) is 4.41. The van der Waals surface area contributed by atoms with E-state index in [-0.39, 0.29) is 5.82 Å². The van der Waals surface area contributed by atoms with Gasteiger partial charge in [0.1, 0.15) is 5.82 Å². The lowest BCUT2D eigenvalue weighted by molar-refractivity contribution is -0.137. The number of fused-ring (bicyclic) bond motifs is 1. The van der Waals surface area contributed by atoms with Crippen LogP contribution in [0.4, 0.5) is 24.9 Å². The van der Waals surface area contributed by atoms with Crippen molar-refractivity contribution >= 4 is 22.8 Å². The van der Waals surface area contributed by atoms with Crippen LogP contribution in [0.3, 0.4) is 0 Å². The molecule has 1 saturated heterocycles. The van der Waals surface area contributed by atoms with Gasteiger partial charge in [0.25, 0.3) is 0 Å². The van der Waals surface area contributed by atoms with Gasteiger partial charge in [-0.25, -0.2) is 9.67 Å². The molecule has 0 saturated carbocycles. The smallest absolute Gasteiger partial charge is 0.383 e. The third-order valence-corrected chi connectivity index (χ3v) is 5.97. The van der Waals surface area contributed by atoms with Crippen molar-refractivity contribution in [1.29, 1.82) is 0 Å². The summed E-state index contributed by atoms with van der Waals surface area (Å²) in [5.74, 6) is 0.694. The minimum absolute atomic E-state index is 0.261. The van der Waals surface area contributed by atoms with Gasteiger partial charge in [-0.1, -0.05) is 30.3 Å². The Morgan fingerprint density at radius 3 is 2.32 bits per heavy atom. The number of aromatic nitrogens is 4. The van der Waals surface area contributed by atoms with Crippen LogP contribution in [0.1, 0.15) is 18.4 Å². The van der Waals surface area contributed by atoms with Crippen molar-refractivity contribution in [3.8, 4) is 16.9 Å². The Morgan fingerprint density at radius 1 is 0.941 bits per heavy atom. The van der Waals surface area contributed by atoms with Gasteiger partial charge in [0.05, 0.1) is 22.3 Å². The van der Waals surface area contributed by atoms with Crippen molar-refractivity contribution in [3.63, 3.8) is 0 Å². The lowest BCUT2D eigenvalue weighted by Gasteiger charge is -2.15. The lowest BCUT2D eigenvalue weighted by atomic mass is 10.1. The van der Waals surface area contributed by atoms with Gasteiger partial charge in [0, 0.05) is 18.7 Å². The Kier molecular flexibility index (Phi) is 5.82. The van der Waals surface area contributed by atoms with Crippen LogP contribution in [0.2, 0.25) is 0 Å². The van der Waals surface area contributed by atoms with Gasteiger partial charge < -0.3 is 16.0 Å². The first-order valence-electron chi connectivity index (χ1n) is 11.2. The minimum Gasteiger partial charge on any atom is -0.383 e. The molecule has 0 radical (unpaired) electrons. The van der Waals surface area contributed by atoms with Crippen LogP contribution in [0.15, 0.2) is 54.6 Å². The fourth-order valence-electron chi connectivity index (χ4n) is 4.22. The Labute approximate surface area is 194 Å². The van der Waals surface area contributed by atoms with Crippen molar-refractivity contribution in [2.24, 2.45) is 0 Å². The van der Waals surface area contributed by atoms with Crippen LogP contribution < -0.4 is 11.1 Å². The molecule has 1 aliphatic heterocycles. The van der Waals surface area contributed by atoms with E-state index in [0.29, 0.717) is 34.9 Å². The minimum atomic E-state index is -4.42. The van der Waals surface area contributed by atoms with Gasteiger partial charge in [0.2, 0.25) is 5.95 Å². The van der Waals surface area contributed by atoms with E-state index < -0.39 is 11.7 Å². The second-order valence-electron chi connectivity index (χ2n) is 8.28. The van der Waals surface area contributed by atoms with Crippen molar-refractivity contribution in [3.05, 3.63) is 60.2 Å². The Morgan fingerprint density at radius 2 is 1.65 bits per heavy atom. The van der Waals surface area contributed by atoms with Gasteiger partial charge in [-0.2, -0.15) is 18.2 Å². The summed E-state index contributed by atoms with van der Waals surface area (Å²) in [5.41, 5.74) is 7.94. The molecular formula is C24H24F3N7. The predicted molar refractivity (Wildman–Crippen MR) is 126 cm³/mol. The zero-order valence-corrected chi connectivity index (χ0v) is 18.4. The van der Waals surface area contributed by atoms with Gasteiger partial charge in [0.15, 0.2) is 5.65 Å². The molecule has 0 atom stereocenters. The molecule has 176 valence electrons. The fourth-order valence-corrected chi connectivity index (χ4v) is 4.22. The highest BCUT2D eigenvalue weighted by Gasteiger charge is 2.30. The predicted octanol–water partition coefficient (Wildman–Crippen LogP) is 4.59. The molecular weight excluding hydrogens is 443 g/mol. The second-order valence-corrected chi connectivity index (χ2v) is 8.28. The monoisotopic (exact) mass is 467 g/mol. The summed E-state index contributed by atoms with van der Waals surface area (Å²) in [5, 5.41) is 8.36. The molecule has 34 heavy (non-hydrogen) atoms. The highest BCUT2D eigenvalue weighted by Crippen LogP contribution is 2.34. The number of nitrogens with zero attached hydrogens (tertiary/aromatic N) is 5. The molecule has 0 spiro atoms. The van der Waals surface area contributed by atoms with Gasteiger partial charge in [-0.3, -0.25) is 0 Å². The zero-order chi connectivity index (χ0) is 23.7. The molecule has 3 heterocycles. The summed E-state index contributed by atoms with van der Waals surface area (Å²) in [7, 11) is 0. The van der Waals surface area contributed by atoms with E-state index >= 15 is 0 Å². The number of alkyl halides is 3. The number of rotatable bonds is 6. The Hall–Kier alpha value is -3.66. The summed E-state index contributed by atoms with van der Waals surface area (Å²) in [6, 6.07) is 14.3. The van der Waals surface area contributed by atoms with E-state index in [0.717, 1.165) is 37.3 Å². The first-order valence-corrected chi connectivity index (χ1v) is 11.2. The molecule has 10 heteroatoms. The number of hydrogen-bond donors (Lipinski definition) is 2. The van der Waals surface area contributed by atoms with Gasteiger partial charge >= 0.3 is 6.18 Å². The van der Waals surface area contributed by atoms with Gasteiger partial charge in [-0.05, 0) is 50.2 Å². The maximum atomic E-state index is 13.0. The van der Waals surface area contributed by atoms with Crippen molar-refractivity contribution in [2.75, 3.05) is 37.2 Å². The number of anilines is 2. The fraction of sp³-hybridized carbons (Fsp3) is 0.292. The molecule has 3 N–H and O–H groups in total. The van der Waals surface area contributed by atoms with Crippen LogP contribution in [0.25, 0.3) is 28.0 Å². The van der Waals surface area contributed by atoms with Crippen LogP contribution in [0, 0.1) is 0 Å². The Balaban J connectivity index is 1.53. The van der Waals surface area contributed by atoms with Crippen molar-refractivity contribution < 1.29 is 13.2 Å². The topological polar surface area (TPSA) is 84.9 Å². The average Bonchev–Trinajstić information content (AvgIpc) is 3.47. The molecule has 1 aliphatic rings. The van der Waals surface area contributed by atoms with Crippen LogP contribution in [-0.4, -0.2) is 50.8 Å². The van der Waals surface area contributed by atoms with Crippen LogP contribution in [-0.2, 0) is 6.18 Å². The molecule has 0 bridgehead atoms. The average molecular weight is 467 g/mol. The second kappa shape index (κ2) is 8.94.